The van der Waals surface area contributed by atoms with E-state index in [2.05, 4.69) is 6.58 Å². The van der Waals surface area contributed by atoms with Gasteiger partial charge in [-0.1, -0.05) is 6.58 Å². The highest BCUT2D eigenvalue weighted by Gasteiger charge is 2.93. The van der Waals surface area contributed by atoms with E-state index in [9.17, 15) is 15.0 Å². The minimum atomic E-state index is -1.18. The number of esters is 1. The van der Waals surface area contributed by atoms with Crippen molar-refractivity contribution >= 4 is 5.97 Å². The fourth-order valence-electron chi connectivity index (χ4n) is 5.36. The van der Waals surface area contributed by atoms with Crippen molar-refractivity contribution in [3.63, 3.8) is 0 Å². The lowest BCUT2D eigenvalue weighted by molar-refractivity contribution is -0.147. The van der Waals surface area contributed by atoms with Gasteiger partial charge in [0.05, 0.1) is 23.5 Å². The second-order valence-electron chi connectivity index (χ2n) is 7.50. The molecule has 6 heteroatoms. The van der Waals surface area contributed by atoms with Crippen LogP contribution in [0.4, 0.5) is 0 Å². The standard InChI is InChI=1S/C15H18O6/c1-5-7-6(16)4-13(2,18)15-9(8(7)19-12(5)17)14(3)10(20-14)11(15)21-15/h6-11,16,18H,1,4H2,2-3H3/t6-,7+,8-,9-,10-,11+,13+,14+,15-/m0/s1. The van der Waals surface area contributed by atoms with Crippen LogP contribution in [0.3, 0.4) is 0 Å². The third-order valence-corrected chi connectivity index (χ3v) is 6.38. The molecular weight excluding hydrogens is 276 g/mol. The molecule has 9 atom stereocenters. The second-order valence-corrected chi connectivity index (χ2v) is 7.50. The summed E-state index contributed by atoms with van der Waals surface area (Å²) in [6.07, 6.45) is -1.52. The lowest BCUT2D eigenvalue weighted by atomic mass is 9.74. The van der Waals surface area contributed by atoms with Crippen molar-refractivity contribution in [1.29, 1.82) is 0 Å². The fraction of sp³-hybridized carbons (Fsp3) is 0.800. The van der Waals surface area contributed by atoms with Crippen molar-refractivity contribution in [3.05, 3.63) is 12.2 Å². The predicted molar refractivity (Wildman–Crippen MR) is 68.1 cm³/mol. The molecule has 0 radical (unpaired) electrons. The summed E-state index contributed by atoms with van der Waals surface area (Å²) in [4.78, 5) is 11.9. The lowest BCUT2D eigenvalue weighted by Crippen LogP contribution is -2.53. The Bertz CT molecular complexity index is 599. The largest absolute Gasteiger partial charge is 0.458 e. The second kappa shape index (κ2) is 3.06. The number of ether oxygens (including phenoxy) is 3. The molecule has 5 fully saturated rings. The number of carbonyl (C=O) groups excluding carboxylic acids is 1. The zero-order valence-corrected chi connectivity index (χ0v) is 11.9. The molecule has 114 valence electrons. The van der Waals surface area contributed by atoms with E-state index in [-0.39, 0.29) is 30.1 Å². The Kier molecular flexibility index (Phi) is 1.83. The molecule has 2 aliphatic carbocycles. The maximum atomic E-state index is 11.9. The first-order valence-electron chi connectivity index (χ1n) is 7.40. The average molecular weight is 294 g/mol. The maximum Gasteiger partial charge on any atom is 0.334 e. The van der Waals surface area contributed by atoms with Gasteiger partial charge in [-0.15, -0.1) is 0 Å². The molecule has 3 heterocycles. The van der Waals surface area contributed by atoms with Crippen molar-refractivity contribution in [1.82, 2.24) is 0 Å². The van der Waals surface area contributed by atoms with Gasteiger partial charge in [0.2, 0.25) is 0 Å². The van der Waals surface area contributed by atoms with Crippen molar-refractivity contribution in [2.45, 2.75) is 61.5 Å². The minimum Gasteiger partial charge on any atom is -0.458 e. The van der Waals surface area contributed by atoms with Crippen LogP contribution in [0.5, 0.6) is 0 Å². The van der Waals surface area contributed by atoms with Gasteiger partial charge in [-0.3, -0.25) is 0 Å². The van der Waals surface area contributed by atoms with Crippen molar-refractivity contribution in [3.8, 4) is 0 Å². The van der Waals surface area contributed by atoms with Crippen LogP contribution in [0.2, 0.25) is 0 Å². The van der Waals surface area contributed by atoms with Gasteiger partial charge in [-0.05, 0) is 13.8 Å². The first-order valence-corrected chi connectivity index (χ1v) is 7.40. The van der Waals surface area contributed by atoms with Gasteiger partial charge in [0.1, 0.15) is 29.5 Å². The summed E-state index contributed by atoms with van der Waals surface area (Å²) in [6, 6.07) is 0. The van der Waals surface area contributed by atoms with Gasteiger partial charge >= 0.3 is 5.97 Å². The summed E-state index contributed by atoms with van der Waals surface area (Å²) in [5.41, 5.74) is -2.13. The third kappa shape index (κ3) is 1.10. The summed E-state index contributed by atoms with van der Waals surface area (Å²) >= 11 is 0. The van der Waals surface area contributed by atoms with E-state index in [0.717, 1.165) is 0 Å². The van der Waals surface area contributed by atoms with E-state index in [1.54, 1.807) is 6.92 Å². The molecule has 0 aromatic rings. The molecule has 2 N–H and O–H groups in total. The molecule has 0 aromatic heterocycles. The van der Waals surface area contributed by atoms with Crippen LogP contribution in [0.15, 0.2) is 12.2 Å². The van der Waals surface area contributed by atoms with Crippen LogP contribution >= 0.6 is 0 Å². The topological polar surface area (TPSA) is 91.8 Å². The Labute approximate surface area is 121 Å². The molecule has 3 saturated heterocycles. The van der Waals surface area contributed by atoms with Crippen molar-refractivity contribution in [2.24, 2.45) is 11.8 Å². The highest BCUT2D eigenvalue weighted by molar-refractivity contribution is 5.91. The van der Waals surface area contributed by atoms with Crippen LogP contribution in [0, 0.1) is 11.8 Å². The van der Waals surface area contributed by atoms with E-state index in [4.69, 9.17) is 14.2 Å². The number of rotatable bonds is 0. The maximum absolute atomic E-state index is 11.9. The van der Waals surface area contributed by atoms with Gasteiger partial charge in [-0.25, -0.2) is 4.79 Å². The van der Waals surface area contributed by atoms with Crippen LogP contribution in [0.25, 0.3) is 0 Å². The number of aliphatic hydroxyl groups excluding tert-OH is 1. The first-order chi connectivity index (χ1) is 9.74. The molecule has 0 bridgehead atoms. The zero-order valence-electron chi connectivity index (χ0n) is 11.9. The summed E-state index contributed by atoms with van der Waals surface area (Å²) < 4.78 is 17.2. The van der Waals surface area contributed by atoms with Gasteiger partial charge < -0.3 is 24.4 Å². The molecule has 0 amide bonds. The lowest BCUT2D eigenvalue weighted by Gasteiger charge is -2.36. The number of carbonyl (C=O) groups is 1. The van der Waals surface area contributed by atoms with Gasteiger partial charge in [-0.2, -0.15) is 0 Å². The molecule has 5 rings (SSSR count). The Balaban J connectivity index is 1.69. The quantitative estimate of drug-likeness (QED) is 0.356. The van der Waals surface area contributed by atoms with Crippen molar-refractivity contribution in [2.75, 3.05) is 0 Å². The number of hydrogen-bond donors (Lipinski definition) is 2. The minimum absolute atomic E-state index is 0.0579. The van der Waals surface area contributed by atoms with Crippen LogP contribution in [0.1, 0.15) is 20.3 Å². The van der Waals surface area contributed by atoms with E-state index in [1.165, 1.54) is 0 Å². The molecule has 5 aliphatic rings. The SMILES string of the molecule is C=C1C(=O)O[C@H]2[C@H]1[C@@H](O)C[C@@](C)(O)[C@@]13O[C@@H]1[C@@H]1O[C@]1(C)[C@H]23. The van der Waals surface area contributed by atoms with Gasteiger partial charge in [0, 0.05) is 12.0 Å². The highest BCUT2D eigenvalue weighted by Crippen LogP contribution is 2.75. The summed E-state index contributed by atoms with van der Waals surface area (Å²) in [5.74, 6) is -1.25. The molecule has 0 aromatic carbocycles. The van der Waals surface area contributed by atoms with Crippen LogP contribution in [-0.2, 0) is 19.0 Å². The van der Waals surface area contributed by atoms with E-state index < -0.39 is 40.9 Å². The molecule has 3 aliphatic heterocycles. The first kappa shape index (κ1) is 12.6. The predicted octanol–water partition coefficient (Wildman–Crippen LogP) is -0.475. The number of fused-ring (bicyclic) bond motifs is 5. The number of epoxide rings is 2. The zero-order chi connectivity index (χ0) is 14.9. The fourth-order valence-corrected chi connectivity index (χ4v) is 5.36. The molecular formula is C15H18O6. The van der Waals surface area contributed by atoms with E-state index in [0.29, 0.717) is 0 Å². The number of aliphatic hydroxyl groups is 2. The molecule has 1 spiro atoms. The summed E-state index contributed by atoms with van der Waals surface area (Å²) in [5, 5.41) is 21.5. The van der Waals surface area contributed by atoms with E-state index >= 15 is 0 Å². The van der Waals surface area contributed by atoms with E-state index in [1.807, 2.05) is 6.92 Å². The third-order valence-electron chi connectivity index (χ3n) is 6.38. The summed E-state index contributed by atoms with van der Waals surface area (Å²) in [7, 11) is 0. The van der Waals surface area contributed by atoms with Crippen LogP contribution < -0.4 is 0 Å². The Hall–Kier alpha value is -0.950. The van der Waals surface area contributed by atoms with Crippen molar-refractivity contribution < 1.29 is 29.2 Å². The average Bonchev–Trinajstić information content (AvgIpc) is 3.21. The highest BCUT2D eigenvalue weighted by atomic mass is 16.7. The molecule has 6 nitrogen and oxygen atoms in total. The Morgan fingerprint density at radius 1 is 1.29 bits per heavy atom. The Morgan fingerprint density at radius 3 is 2.71 bits per heavy atom. The number of hydrogen-bond acceptors (Lipinski definition) is 6. The summed E-state index contributed by atoms with van der Waals surface area (Å²) in [6.45, 7) is 7.44. The molecule has 2 saturated carbocycles. The van der Waals surface area contributed by atoms with Gasteiger partial charge in [0.25, 0.3) is 0 Å². The monoisotopic (exact) mass is 294 g/mol. The molecule has 21 heavy (non-hydrogen) atoms. The Morgan fingerprint density at radius 2 is 2.00 bits per heavy atom. The smallest absolute Gasteiger partial charge is 0.334 e. The normalized spacial score (nSPS) is 66.7. The van der Waals surface area contributed by atoms with Crippen LogP contribution in [-0.4, -0.2) is 57.4 Å². The van der Waals surface area contributed by atoms with Gasteiger partial charge in [0.15, 0.2) is 0 Å². The molecule has 0 unspecified atom stereocenters.